The molecule has 0 bridgehead atoms. The van der Waals surface area contributed by atoms with Crippen molar-refractivity contribution in [1.82, 2.24) is 4.98 Å². The fourth-order valence-electron chi connectivity index (χ4n) is 1.52. The summed E-state index contributed by atoms with van der Waals surface area (Å²) in [5, 5.41) is 23.3. The number of phenolic OH excluding ortho intramolecular Hbond substituents is 1. The number of phenols is 1. The van der Waals surface area contributed by atoms with Gasteiger partial charge in [-0.15, -0.1) is 0 Å². The van der Waals surface area contributed by atoms with Crippen molar-refractivity contribution in [2.24, 2.45) is 0 Å². The average molecular weight is 245 g/mol. The minimum Gasteiger partial charge on any atom is -0.506 e. The van der Waals surface area contributed by atoms with E-state index in [-0.39, 0.29) is 17.3 Å². The Hall–Kier alpha value is -2.63. The molecule has 1 aromatic carbocycles. The number of benzene rings is 1. The molecule has 0 aliphatic rings. The summed E-state index contributed by atoms with van der Waals surface area (Å²) in [5.74, 6) is 0.115. The standard InChI is InChI=1S/C12H11N3O3/c1-8-4-5-11(16)9(7-8)14-12-10(15(17)18)3-2-6-13-12/h2-7,16H,1H3,(H,13,14). The molecule has 6 nitrogen and oxygen atoms in total. The van der Waals surface area contributed by atoms with Gasteiger partial charge in [-0.2, -0.15) is 0 Å². The number of pyridine rings is 1. The average Bonchev–Trinajstić information content (AvgIpc) is 2.34. The maximum absolute atomic E-state index is 10.8. The molecule has 0 spiro atoms. The van der Waals surface area contributed by atoms with Gasteiger partial charge in [0.1, 0.15) is 5.75 Å². The SMILES string of the molecule is Cc1ccc(O)c(Nc2ncccc2[N+](=O)[O-])c1. The van der Waals surface area contributed by atoms with Crippen LogP contribution in [0.5, 0.6) is 5.75 Å². The molecule has 0 fully saturated rings. The fourth-order valence-corrected chi connectivity index (χ4v) is 1.52. The van der Waals surface area contributed by atoms with Crippen molar-refractivity contribution < 1.29 is 10.0 Å². The lowest BCUT2D eigenvalue weighted by atomic mass is 10.2. The molecule has 0 unspecified atom stereocenters. The van der Waals surface area contributed by atoms with Crippen molar-refractivity contribution in [2.75, 3.05) is 5.32 Å². The van der Waals surface area contributed by atoms with Gasteiger partial charge in [0.25, 0.3) is 0 Å². The highest BCUT2D eigenvalue weighted by Crippen LogP contribution is 2.30. The van der Waals surface area contributed by atoms with Gasteiger partial charge in [-0.3, -0.25) is 10.1 Å². The summed E-state index contributed by atoms with van der Waals surface area (Å²) in [6, 6.07) is 7.79. The lowest BCUT2D eigenvalue weighted by Crippen LogP contribution is -1.99. The molecule has 0 aliphatic carbocycles. The number of hydrogen-bond acceptors (Lipinski definition) is 5. The van der Waals surface area contributed by atoms with E-state index in [4.69, 9.17) is 0 Å². The molecule has 0 atom stereocenters. The predicted molar refractivity (Wildman–Crippen MR) is 67.0 cm³/mol. The number of anilines is 2. The molecule has 2 aromatic rings. The number of hydrogen-bond donors (Lipinski definition) is 2. The second kappa shape index (κ2) is 4.70. The van der Waals surface area contributed by atoms with E-state index in [0.717, 1.165) is 5.56 Å². The van der Waals surface area contributed by atoms with Gasteiger partial charge >= 0.3 is 5.69 Å². The summed E-state index contributed by atoms with van der Waals surface area (Å²) < 4.78 is 0. The summed E-state index contributed by atoms with van der Waals surface area (Å²) >= 11 is 0. The van der Waals surface area contributed by atoms with Crippen LogP contribution in [0.1, 0.15) is 5.56 Å². The summed E-state index contributed by atoms with van der Waals surface area (Å²) in [7, 11) is 0. The van der Waals surface area contributed by atoms with E-state index in [2.05, 4.69) is 10.3 Å². The molecule has 6 heteroatoms. The Bertz CT molecular complexity index is 599. The van der Waals surface area contributed by atoms with E-state index < -0.39 is 4.92 Å². The number of nitrogens with zero attached hydrogens (tertiary/aromatic N) is 2. The van der Waals surface area contributed by atoms with Crippen molar-refractivity contribution >= 4 is 17.2 Å². The van der Waals surface area contributed by atoms with E-state index in [1.807, 2.05) is 6.92 Å². The maximum atomic E-state index is 10.8. The highest BCUT2D eigenvalue weighted by atomic mass is 16.6. The zero-order valence-corrected chi connectivity index (χ0v) is 9.62. The van der Waals surface area contributed by atoms with Crippen molar-refractivity contribution in [3.8, 4) is 5.75 Å². The van der Waals surface area contributed by atoms with Crippen LogP contribution in [0.15, 0.2) is 36.5 Å². The number of aromatic hydroxyl groups is 1. The van der Waals surface area contributed by atoms with E-state index in [0.29, 0.717) is 5.69 Å². The number of aryl methyl sites for hydroxylation is 1. The third-order valence-electron chi connectivity index (χ3n) is 2.39. The number of rotatable bonds is 3. The van der Waals surface area contributed by atoms with Crippen molar-refractivity contribution in [2.45, 2.75) is 6.92 Å². The molecular weight excluding hydrogens is 234 g/mol. The summed E-state index contributed by atoms with van der Waals surface area (Å²) in [6.45, 7) is 1.86. The zero-order chi connectivity index (χ0) is 13.1. The van der Waals surface area contributed by atoms with Crippen LogP contribution >= 0.6 is 0 Å². The zero-order valence-electron chi connectivity index (χ0n) is 9.62. The van der Waals surface area contributed by atoms with Gasteiger partial charge in [0.2, 0.25) is 5.82 Å². The normalized spacial score (nSPS) is 10.1. The molecule has 0 aliphatic heterocycles. The molecule has 0 saturated heterocycles. The molecule has 92 valence electrons. The van der Waals surface area contributed by atoms with Crippen LogP contribution in [0, 0.1) is 17.0 Å². The van der Waals surface area contributed by atoms with Crippen LogP contribution in [-0.4, -0.2) is 15.0 Å². The van der Waals surface area contributed by atoms with Gasteiger partial charge in [-0.25, -0.2) is 4.98 Å². The summed E-state index contributed by atoms with van der Waals surface area (Å²) in [5.41, 5.74) is 1.17. The topological polar surface area (TPSA) is 88.3 Å². The van der Waals surface area contributed by atoms with Gasteiger partial charge < -0.3 is 10.4 Å². The third kappa shape index (κ3) is 2.37. The first-order valence-corrected chi connectivity index (χ1v) is 5.24. The molecular formula is C12H11N3O3. The van der Waals surface area contributed by atoms with E-state index in [9.17, 15) is 15.2 Å². The smallest absolute Gasteiger partial charge is 0.311 e. The summed E-state index contributed by atoms with van der Waals surface area (Å²) in [4.78, 5) is 14.2. The van der Waals surface area contributed by atoms with Gasteiger partial charge in [-0.05, 0) is 30.7 Å². The first-order chi connectivity index (χ1) is 8.58. The Morgan fingerprint density at radius 1 is 1.39 bits per heavy atom. The number of aromatic nitrogens is 1. The predicted octanol–water partition coefficient (Wildman–Crippen LogP) is 2.75. The Labute approximate surface area is 103 Å². The number of nitrogens with one attached hydrogen (secondary N) is 1. The quantitative estimate of drug-likeness (QED) is 0.493. The molecule has 2 rings (SSSR count). The van der Waals surface area contributed by atoms with Crippen LogP contribution < -0.4 is 5.32 Å². The van der Waals surface area contributed by atoms with Crippen LogP contribution in [0.3, 0.4) is 0 Å². The van der Waals surface area contributed by atoms with E-state index in [1.54, 1.807) is 12.1 Å². The van der Waals surface area contributed by atoms with Gasteiger partial charge in [0.15, 0.2) is 0 Å². The molecule has 1 heterocycles. The van der Waals surface area contributed by atoms with Crippen LogP contribution in [0.25, 0.3) is 0 Å². The van der Waals surface area contributed by atoms with Gasteiger partial charge in [-0.1, -0.05) is 6.07 Å². The highest BCUT2D eigenvalue weighted by molar-refractivity contribution is 5.69. The maximum Gasteiger partial charge on any atom is 0.311 e. The lowest BCUT2D eigenvalue weighted by molar-refractivity contribution is -0.384. The molecule has 0 saturated carbocycles. The minimum absolute atomic E-state index is 0.0144. The Kier molecular flexibility index (Phi) is 3.09. The second-order valence-corrected chi connectivity index (χ2v) is 3.77. The lowest BCUT2D eigenvalue weighted by Gasteiger charge is -2.08. The molecule has 2 N–H and O–H groups in total. The monoisotopic (exact) mass is 245 g/mol. The van der Waals surface area contributed by atoms with Crippen molar-refractivity contribution in [1.29, 1.82) is 0 Å². The Morgan fingerprint density at radius 2 is 2.17 bits per heavy atom. The third-order valence-corrected chi connectivity index (χ3v) is 2.39. The van der Waals surface area contributed by atoms with Crippen LogP contribution in [-0.2, 0) is 0 Å². The Morgan fingerprint density at radius 3 is 2.89 bits per heavy atom. The molecule has 1 aromatic heterocycles. The van der Waals surface area contributed by atoms with Crippen LogP contribution in [0.2, 0.25) is 0 Å². The second-order valence-electron chi connectivity index (χ2n) is 3.77. The first-order valence-electron chi connectivity index (χ1n) is 5.24. The van der Waals surface area contributed by atoms with E-state index in [1.165, 1.54) is 24.4 Å². The number of nitro groups is 1. The molecule has 0 amide bonds. The Balaban J connectivity index is 2.40. The first kappa shape index (κ1) is 11.8. The van der Waals surface area contributed by atoms with Crippen molar-refractivity contribution in [3.63, 3.8) is 0 Å². The molecule has 0 radical (unpaired) electrons. The largest absolute Gasteiger partial charge is 0.506 e. The van der Waals surface area contributed by atoms with Gasteiger partial charge in [0.05, 0.1) is 10.6 Å². The van der Waals surface area contributed by atoms with Crippen LogP contribution in [0.4, 0.5) is 17.2 Å². The summed E-state index contributed by atoms with van der Waals surface area (Å²) in [6.07, 6.45) is 1.45. The van der Waals surface area contributed by atoms with E-state index >= 15 is 0 Å². The van der Waals surface area contributed by atoms with Gasteiger partial charge in [0, 0.05) is 12.3 Å². The molecule has 18 heavy (non-hydrogen) atoms. The fraction of sp³-hybridized carbons (Fsp3) is 0.0833. The highest BCUT2D eigenvalue weighted by Gasteiger charge is 2.15. The van der Waals surface area contributed by atoms with Crippen molar-refractivity contribution in [3.05, 3.63) is 52.2 Å². The minimum atomic E-state index is -0.526.